The summed E-state index contributed by atoms with van der Waals surface area (Å²) in [4.78, 5) is 4.64. The molecule has 228 valence electrons. The molecule has 0 fully saturated rings. The molecule has 0 aliphatic heterocycles. The van der Waals surface area contributed by atoms with Crippen LogP contribution in [-0.4, -0.2) is 4.98 Å². The highest BCUT2D eigenvalue weighted by atomic mass is 14.7. The number of rotatable bonds is 7. The Labute approximate surface area is 278 Å². The predicted octanol–water partition coefficient (Wildman–Crippen LogP) is 10.7. The van der Waals surface area contributed by atoms with Crippen LogP contribution < -0.4 is 5.73 Å². The maximum atomic E-state index is 6.90. The molecule has 0 bridgehead atoms. The van der Waals surface area contributed by atoms with Gasteiger partial charge in [-0.05, 0) is 94.6 Å². The molecular weight excluding hydrogens is 569 g/mol. The number of benzene rings is 5. The number of aromatic nitrogens is 1. The van der Waals surface area contributed by atoms with Crippen LogP contribution in [0.2, 0.25) is 0 Å². The van der Waals surface area contributed by atoms with Gasteiger partial charge in [0.1, 0.15) is 0 Å². The van der Waals surface area contributed by atoms with Gasteiger partial charge in [0.25, 0.3) is 0 Å². The van der Waals surface area contributed by atoms with Gasteiger partial charge in [0.05, 0.1) is 5.41 Å². The molecule has 0 unspecified atom stereocenters. The zero-order valence-electron chi connectivity index (χ0n) is 27.2. The molecule has 1 aromatic heterocycles. The van der Waals surface area contributed by atoms with E-state index in [0.717, 1.165) is 44.8 Å². The van der Waals surface area contributed by atoms with Gasteiger partial charge in [0.15, 0.2) is 0 Å². The monoisotopic (exact) mass is 606 g/mol. The van der Waals surface area contributed by atoms with Crippen LogP contribution in [0.3, 0.4) is 0 Å². The van der Waals surface area contributed by atoms with Gasteiger partial charge in [-0.25, -0.2) is 0 Å². The Hall–Kier alpha value is -5.73. The van der Waals surface area contributed by atoms with Gasteiger partial charge in [-0.1, -0.05) is 146 Å². The maximum Gasteiger partial charge on any atom is 0.0713 e. The van der Waals surface area contributed by atoms with Crippen LogP contribution in [0.4, 0.5) is 0 Å². The molecule has 0 saturated heterocycles. The van der Waals surface area contributed by atoms with Crippen molar-refractivity contribution in [2.24, 2.45) is 5.73 Å². The number of pyridine rings is 1. The van der Waals surface area contributed by atoms with Crippen LogP contribution in [0.1, 0.15) is 51.7 Å². The van der Waals surface area contributed by atoms with Crippen LogP contribution in [0.15, 0.2) is 164 Å². The van der Waals surface area contributed by atoms with E-state index in [1.807, 2.05) is 19.9 Å². The summed E-state index contributed by atoms with van der Waals surface area (Å²) in [5.41, 5.74) is 23.1. The summed E-state index contributed by atoms with van der Waals surface area (Å²) >= 11 is 0. The average molecular weight is 607 g/mol. The lowest BCUT2D eigenvalue weighted by molar-refractivity contribution is 0.768. The molecule has 0 atom stereocenters. The molecule has 5 aromatic carbocycles. The van der Waals surface area contributed by atoms with Crippen LogP contribution >= 0.6 is 0 Å². The molecule has 2 nitrogen and oxygen atoms in total. The number of nitrogens with two attached hydrogens (primary N) is 1. The summed E-state index contributed by atoms with van der Waals surface area (Å²) in [6.45, 7) is 10.4. The topological polar surface area (TPSA) is 38.9 Å². The van der Waals surface area contributed by atoms with Crippen molar-refractivity contribution in [1.82, 2.24) is 4.98 Å². The van der Waals surface area contributed by atoms with Crippen LogP contribution in [-0.2, 0) is 5.41 Å². The second-order valence-electron chi connectivity index (χ2n) is 12.4. The third kappa shape index (κ3) is 5.22. The Balaban J connectivity index is 1.31. The van der Waals surface area contributed by atoms with Crippen molar-refractivity contribution in [1.29, 1.82) is 0 Å². The fourth-order valence-corrected chi connectivity index (χ4v) is 7.20. The molecule has 7 rings (SSSR count). The minimum atomic E-state index is -0.462. The molecule has 2 N–H and O–H groups in total. The van der Waals surface area contributed by atoms with Gasteiger partial charge in [0.2, 0.25) is 0 Å². The van der Waals surface area contributed by atoms with Crippen molar-refractivity contribution in [3.63, 3.8) is 0 Å². The summed E-state index contributed by atoms with van der Waals surface area (Å²) in [5.74, 6) is 0. The minimum absolute atomic E-state index is 0.462. The number of aryl methyl sites for hydroxylation is 2. The summed E-state index contributed by atoms with van der Waals surface area (Å²) < 4.78 is 0. The Morgan fingerprint density at radius 2 is 1.19 bits per heavy atom. The van der Waals surface area contributed by atoms with Crippen LogP contribution in [0.5, 0.6) is 0 Å². The lowest BCUT2D eigenvalue weighted by atomic mass is 9.67. The van der Waals surface area contributed by atoms with E-state index in [1.54, 1.807) is 0 Å². The van der Waals surface area contributed by atoms with E-state index in [2.05, 4.69) is 164 Å². The van der Waals surface area contributed by atoms with Crippen molar-refractivity contribution in [3.8, 4) is 22.3 Å². The first-order valence-electron chi connectivity index (χ1n) is 16.1. The highest BCUT2D eigenvalue weighted by Gasteiger charge is 2.46. The van der Waals surface area contributed by atoms with Crippen molar-refractivity contribution in [3.05, 3.63) is 209 Å². The van der Waals surface area contributed by atoms with E-state index in [4.69, 9.17) is 5.73 Å². The molecule has 1 heterocycles. The maximum absolute atomic E-state index is 6.90. The quantitative estimate of drug-likeness (QED) is 0.183. The highest BCUT2D eigenvalue weighted by Crippen LogP contribution is 2.56. The highest BCUT2D eigenvalue weighted by molar-refractivity contribution is 5.88. The van der Waals surface area contributed by atoms with Gasteiger partial charge in [-0.15, -0.1) is 0 Å². The van der Waals surface area contributed by atoms with Crippen molar-refractivity contribution < 1.29 is 0 Å². The average Bonchev–Trinajstić information content (AvgIpc) is 3.40. The molecule has 1 aliphatic rings. The molecule has 0 radical (unpaired) electrons. The van der Waals surface area contributed by atoms with E-state index in [9.17, 15) is 0 Å². The second kappa shape index (κ2) is 12.2. The van der Waals surface area contributed by atoms with E-state index in [-0.39, 0.29) is 0 Å². The van der Waals surface area contributed by atoms with Crippen molar-refractivity contribution >= 4 is 11.3 Å². The molecule has 0 amide bonds. The zero-order valence-corrected chi connectivity index (χ0v) is 27.2. The fourth-order valence-electron chi connectivity index (χ4n) is 7.20. The molecule has 0 spiro atoms. The summed E-state index contributed by atoms with van der Waals surface area (Å²) in [5, 5.41) is 0. The fraction of sp³-hybridized carbons (Fsp3) is 0.0889. The van der Waals surface area contributed by atoms with Crippen LogP contribution in [0.25, 0.3) is 33.5 Å². The summed E-state index contributed by atoms with van der Waals surface area (Å²) in [7, 11) is 0. The van der Waals surface area contributed by atoms with Gasteiger partial charge < -0.3 is 5.73 Å². The smallest absolute Gasteiger partial charge is 0.0713 e. The summed E-state index contributed by atoms with van der Waals surface area (Å²) in [6, 6.07) is 50.0. The van der Waals surface area contributed by atoms with Gasteiger partial charge in [-0.2, -0.15) is 0 Å². The van der Waals surface area contributed by atoms with E-state index in [0.29, 0.717) is 5.70 Å². The third-order valence-corrected chi connectivity index (χ3v) is 9.41. The first kappa shape index (κ1) is 30.0. The van der Waals surface area contributed by atoms with E-state index in [1.165, 1.54) is 33.4 Å². The van der Waals surface area contributed by atoms with E-state index >= 15 is 0 Å². The molecule has 1 aliphatic carbocycles. The number of fused-ring (bicyclic) bond motifs is 3. The minimum Gasteiger partial charge on any atom is -0.398 e. The largest absolute Gasteiger partial charge is 0.398 e. The van der Waals surface area contributed by atoms with E-state index < -0.39 is 5.41 Å². The Bertz CT molecular complexity index is 2130. The Kier molecular flexibility index (Phi) is 7.79. The molecule has 47 heavy (non-hydrogen) atoms. The number of hydrogen-bond acceptors (Lipinski definition) is 2. The standard InChI is InChI=1S/C45H38N2/c1-30(2)38(33-20-22-34(23-21-33)39-25-19-31(3)47-32(39)4)27-28-44(46)35-24-26-41-40-17-11-12-18-42(40)45(43(41)29-35,36-13-7-5-8-14-36)37-15-9-6-10-16-37/h5-29H,1,46H2,2-4H3/b38-27+,44-28-. The molecule has 2 heteroatoms. The van der Waals surface area contributed by atoms with Crippen LogP contribution in [0, 0.1) is 13.8 Å². The zero-order chi connectivity index (χ0) is 32.5. The van der Waals surface area contributed by atoms with Gasteiger partial charge in [0, 0.05) is 22.6 Å². The number of allylic oxidation sites excluding steroid dienone is 4. The number of hydrogen-bond donors (Lipinski definition) is 1. The molecular formula is C45H38N2. The SMILES string of the molecule is C=C(C)/C(=C\C=C(/N)c1ccc2c(c1)C(c1ccccc1)(c1ccccc1)c1ccccc1-2)c1ccc(-c2ccc(C)nc2C)cc1. The lowest BCUT2D eigenvalue weighted by Crippen LogP contribution is -2.28. The third-order valence-electron chi connectivity index (χ3n) is 9.41. The molecule has 0 saturated carbocycles. The Morgan fingerprint density at radius 3 is 1.83 bits per heavy atom. The lowest BCUT2D eigenvalue weighted by Gasteiger charge is -2.34. The Morgan fingerprint density at radius 1 is 0.617 bits per heavy atom. The number of nitrogens with zero attached hydrogens (tertiary/aromatic N) is 1. The normalized spacial score (nSPS) is 13.6. The molecule has 6 aromatic rings. The first-order valence-corrected chi connectivity index (χ1v) is 16.1. The van der Waals surface area contributed by atoms with Crippen molar-refractivity contribution in [2.45, 2.75) is 26.2 Å². The van der Waals surface area contributed by atoms with Gasteiger partial charge >= 0.3 is 0 Å². The van der Waals surface area contributed by atoms with Gasteiger partial charge in [-0.3, -0.25) is 4.98 Å². The first-order chi connectivity index (χ1) is 22.9. The van der Waals surface area contributed by atoms with Crippen molar-refractivity contribution in [2.75, 3.05) is 0 Å². The predicted molar refractivity (Wildman–Crippen MR) is 198 cm³/mol. The second-order valence-corrected chi connectivity index (χ2v) is 12.4. The summed E-state index contributed by atoms with van der Waals surface area (Å²) in [6.07, 6.45) is 4.11.